The van der Waals surface area contributed by atoms with Crippen LogP contribution in [0.25, 0.3) is 0 Å². The Balaban J connectivity index is 1.74. The molecule has 242 valence electrons. The van der Waals surface area contributed by atoms with E-state index in [0.717, 1.165) is 48.1 Å². The molecular formula is C34H48NO9+. The molecule has 1 heterocycles. The molecule has 10 nitrogen and oxygen atoms in total. The fourth-order valence-electron chi connectivity index (χ4n) is 5.83. The van der Waals surface area contributed by atoms with E-state index < -0.39 is 0 Å². The molecule has 0 fully saturated rings. The maximum Gasteiger partial charge on any atom is 0.306 e. The van der Waals surface area contributed by atoms with Crippen molar-refractivity contribution in [3.05, 3.63) is 53.1 Å². The highest BCUT2D eigenvalue weighted by atomic mass is 16.5. The number of hydrogen-bond acceptors (Lipinski definition) is 9. The second-order valence-corrected chi connectivity index (χ2v) is 11.0. The molecule has 3 rings (SSSR count). The van der Waals surface area contributed by atoms with Crippen LogP contribution in [0.3, 0.4) is 0 Å². The normalized spacial score (nSPS) is 17.5. The molecule has 0 radical (unpaired) electrons. The third-order valence-electron chi connectivity index (χ3n) is 8.30. The first-order chi connectivity index (χ1) is 21.2. The summed E-state index contributed by atoms with van der Waals surface area (Å²) in [4.78, 5) is 23.5. The Labute approximate surface area is 261 Å². The molecule has 0 amide bonds. The fourth-order valence-corrected chi connectivity index (χ4v) is 5.83. The highest BCUT2D eigenvalue weighted by molar-refractivity contribution is 5.70. The first kappa shape index (κ1) is 34.6. The van der Waals surface area contributed by atoms with Gasteiger partial charge in [0.15, 0.2) is 23.0 Å². The molecule has 44 heavy (non-hydrogen) atoms. The number of fused-ring (bicyclic) bond motifs is 1. The molecule has 0 spiro atoms. The molecule has 0 bridgehead atoms. The molecule has 1 aliphatic heterocycles. The monoisotopic (exact) mass is 614 g/mol. The van der Waals surface area contributed by atoms with Crippen LogP contribution in [0.5, 0.6) is 28.7 Å². The third kappa shape index (κ3) is 8.81. The lowest BCUT2D eigenvalue weighted by Crippen LogP contribution is -2.52. The average Bonchev–Trinajstić information content (AvgIpc) is 3.04. The minimum absolute atomic E-state index is 0.0900. The maximum absolute atomic E-state index is 12.3. The Morgan fingerprint density at radius 1 is 0.795 bits per heavy atom. The van der Waals surface area contributed by atoms with Crippen molar-refractivity contribution >= 4 is 11.9 Å². The van der Waals surface area contributed by atoms with Crippen LogP contribution in [-0.4, -0.2) is 85.8 Å². The molecule has 0 unspecified atom stereocenters. The van der Waals surface area contributed by atoms with E-state index in [9.17, 15) is 9.59 Å². The van der Waals surface area contributed by atoms with Gasteiger partial charge in [-0.1, -0.05) is 12.2 Å². The van der Waals surface area contributed by atoms with Crippen molar-refractivity contribution in [2.24, 2.45) is 0 Å². The standard InChI is InChI=1S/C34H48NO9/c1-35(16-12-18-44-33(37)14-11-9-8-10-13-32(36)42-6)17-15-25-22-28(38-2)29(39-3)23-26(25)27(35)19-24-20-30(40-4)34(43-7)31(21-24)41-5/h8-9,20-23,27H,10-19H2,1-7H3/q+1/b9-8+/t27-,35-/m1/s1. The summed E-state index contributed by atoms with van der Waals surface area (Å²) in [6.45, 7) is 2.10. The quantitative estimate of drug-likeness (QED) is 0.103. The summed E-state index contributed by atoms with van der Waals surface area (Å²) in [7, 11) is 11.8. The van der Waals surface area contributed by atoms with Gasteiger partial charge in [0, 0.05) is 37.7 Å². The summed E-state index contributed by atoms with van der Waals surface area (Å²) in [6, 6.07) is 8.29. The smallest absolute Gasteiger partial charge is 0.306 e. The average molecular weight is 615 g/mol. The van der Waals surface area contributed by atoms with Crippen molar-refractivity contribution in [3.8, 4) is 28.7 Å². The van der Waals surface area contributed by atoms with E-state index in [1.807, 2.05) is 24.3 Å². The first-order valence-electron chi connectivity index (χ1n) is 15.0. The van der Waals surface area contributed by atoms with Crippen LogP contribution >= 0.6 is 0 Å². The summed E-state index contributed by atoms with van der Waals surface area (Å²) in [5, 5.41) is 0. The number of esters is 2. The second kappa shape index (κ2) is 16.8. The van der Waals surface area contributed by atoms with Crippen LogP contribution in [0.4, 0.5) is 0 Å². The minimum atomic E-state index is -0.243. The van der Waals surface area contributed by atoms with Crippen molar-refractivity contribution in [1.82, 2.24) is 0 Å². The van der Waals surface area contributed by atoms with Gasteiger partial charge < -0.3 is 37.6 Å². The molecular weight excluding hydrogens is 566 g/mol. The van der Waals surface area contributed by atoms with Crippen molar-refractivity contribution in [2.75, 3.05) is 69.4 Å². The molecule has 2 atom stereocenters. The molecule has 10 heteroatoms. The van der Waals surface area contributed by atoms with Crippen LogP contribution in [0.1, 0.15) is 54.8 Å². The van der Waals surface area contributed by atoms with Gasteiger partial charge in [-0.2, -0.15) is 0 Å². The fraction of sp³-hybridized carbons (Fsp3) is 0.529. The number of hydrogen-bond donors (Lipinski definition) is 0. The largest absolute Gasteiger partial charge is 0.493 e. The maximum atomic E-state index is 12.3. The Morgan fingerprint density at radius 2 is 1.39 bits per heavy atom. The van der Waals surface area contributed by atoms with Crippen LogP contribution in [0, 0.1) is 0 Å². The van der Waals surface area contributed by atoms with E-state index in [1.54, 1.807) is 35.5 Å². The molecule has 2 aromatic carbocycles. The zero-order chi connectivity index (χ0) is 32.1. The second-order valence-electron chi connectivity index (χ2n) is 11.0. The van der Waals surface area contributed by atoms with Gasteiger partial charge in [-0.25, -0.2) is 0 Å². The third-order valence-corrected chi connectivity index (χ3v) is 8.30. The highest BCUT2D eigenvalue weighted by Gasteiger charge is 2.40. The molecule has 2 aromatic rings. The summed E-state index contributed by atoms with van der Waals surface area (Å²) < 4.78 is 39.1. The number of nitrogens with zero attached hydrogens (tertiary/aromatic N) is 1. The van der Waals surface area contributed by atoms with Gasteiger partial charge in [0.1, 0.15) is 6.04 Å². The van der Waals surface area contributed by atoms with Crippen LogP contribution in [0.2, 0.25) is 0 Å². The number of carbonyl (C=O) groups is 2. The van der Waals surface area contributed by atoms with Gasteiger partial charge in [-0.15, -0.1) is 0 Å². The van der Waals surface area contributed by atoms with E-state index in [4.69, 9.17) is 28.4 Å². The van der Waals surface area contributed by atoms with Gasteiger partial charge >= 0.3 is 11.9 Å². The summed E-state index contributed by atoms with van der Waals surface area (Å²) in [5.41, 5.74) is 3.51. The Kier molecular flexibility index (Phi) is 13.2. The number of likely N-dealkylation sites (N-methyl/N-ethyl adjacent to an activating group) is 1. The van der Waals surface area contributed by atoms with Crippen molar-refractivity contribution in [1.29, 1.82) is 0 Å². The molecule has 0 saturated heterocycles. The predicted octanol–water partition coefficient (Wildman–Crippen LogP) is 5.24. The number of ether oxygens (including phenoxy) is 7. The molecule has 0 saturated carbocycles. The van der Waals surface area contributed by atoms with Crippen LogP contribution in [-0.2, 0) is 31.9 Å². The Morgan fingerprint density at radius 3 is 1.95 bits per heavy atom. The first-order valence-corrected chi connectivity index (χ1v) is 15.0. The number of quaternary nitrogens is 1. The number of methoxy groups -OCH3 is 6. The zero-order valence-corrected chi connectivity index (χ0v) is 27.2. The lowest BCUT2D eigenvalue weighted by Gasteiger charge is -2.46. The molecule has 0 aliphatic carbocycles. The summed E-state index contributed by atoms with van der Waals surface area (Å²) in [5.74, 6) is 2.74. The van der Waals surface area contributed by atoms with Gasteiger partial charge in [0.2, 0.25) is 5.75 Å². The van der Waals surface area contributed by atoms with Crippen molar-refractivity contribution in [2.45, 2.75) is 51.0 Å². The topological polar surface area (TPSA) is 98.8 Å². The van der Waals surface area contributed by atoms with Gasteiger partial charge in [-0.05, 0) is 48.2 Å². The predicted molar refractivity (Wildman–Crippen MR) is 167 cm³/mol. The Hall–Kier alpha value is -3.92. The van der Waals surface area contributed by atoms with Crippen LogP contribution < -0.4 is 23.7 Å². The lowest BCUT2D eigenvalue weighted by atomic mass is 9.86. The van der Waals surface area contributed by atoms with E-state index in [0.29, 0.717) is 55.3 Å². The molecule has 1 aliphatic rings. The SMILES string of the molecule is COC(=O)CC/C=C/CCC(=O)OCCC[N@+]1(C)CCc2cc(OC)c(OC)cc2[C@H]1Cc1cc(OC)c(OC)c(OC)c1. The van der Waals surface area contributed by atoms with Crippen molar-refractivity contribution in [3.63, 3.8) is 0 Å². The number of rotatable bonds is 17. The van der Waals surface area contributed by atoms with Gasteiger partial charge in [0.25, 0.3) is 0 Å². The van der Waals surface area contributed by atoms with E-state index in [1.165, 1.54) is 18.2 Å². The molecule has 0 N–H and O–H groups in total. The van der Waals surface area contributed by atoms with Crippen LogP contribution in [0.15, 0.2) is 36.4 Å². The Bertz CT molecular complexity index is 1270. The summed E-state index contributed by atoms with van der Waals surface area (Å²) in [6.07, 6.45) is 7.94. The van der Waals surface area contributed by atoms with Gasteiger partial charge in [-0.3, -0.25) is 9.59 Å². The highest BCUT2D eigenvalue weighted by Crippen LogP contribution is 2.44. The lowest BCUT2D eigenvalue weighted by molar-refractivity contribution is -0.941. The van der Waals surface area contributed by atoms with Gasteiger partial charge in [0.05, 0.1) is 69.4 Å². The molecule has 0 aromatic heterocycles. The van der Waals surface area contributed by atoms with E-state index >= 15 is 0 Å². The van der Waals surface area contributed by atoms with E-state index in [2.05, 4.69) is 23.9 Å². The summed E-state index contributed by atoms with van der Waals surface area (Å²) >= 11 is 0. The number of benzene rings is 2. The van der Waals surface area contributed by atoms with E-state index in [-0.39, 0.29) is 18.0 Å². The minimum Gasteiger partial charge on any atom is -0.493 e. The zero-order valence-electron chi connectivity index (χ0n) is 27.2. The number of allylic oxidation sites excluding steroid dienone is 2. The van der Waals surface area contributed by atoms with Crippen molar-refractivity contribution < 1.29 is 47.2 Å². The number of carbonyl (C=O) groups excluding carboxylic acids is 2.